The van der Waals surface area contributed by atoms with Crippen molar-refractivity contribution in [3.63, 3.8) is 0 Å². The minimum absolute atomic E-state index is 0.0187. The van der Waals surface area contributed by atoms with E-state index in [0.717, 1.165) is 6.42 Å². The number of carboxylic acids is 1. The van der Waals surface area contributed by atoms with Gasteiger partial charge >= 0.3 is 5.97 Å². The van der Waals surface area contributed by atoms with E-state index in [4.69, 9.17) is 14.6 Å². The average molecular weight is 293 g/mol. The Morgan fingerprint density at radius 2 is 2.10 bits per heavy atom. The van der Waals surface area contributed by atoms with E-state index in [0.29, 0.717) is 32.8 Å². The zero-order valence-electron chi connectivity index (χ0n) is 12.4. The molecule has 1 saturated heterocycles. The Morgan fingerprint density at radius 3 is 2.76 bits per heavy atom. The SMILES string of the molecule is CN1C[C@H](OCCCOCc2ccccc2)C[C@H]1C(=O)O. The number of ether oxygens (including phenoxy) is 2. The fraction of sp³-hybridized carbons (Fsp3) is 0.562. The van der Waals surface area contributed by atoms with Crippen LogP contribution in [0, 0.1) is 0 Å². The first-order chi connectivity index (χ1) is 10.2. The molecule has 0 aliphatic carbocycles. The summed E-state index contributed by atoms with van der Waals surface area (Å²) in [5.41, 5.74) is 1.17. The van der Waals surface area contributed by atoms with Crippen LogP contribution in [0.15, 0.2) is 30.3 Å². The maximum Gasteiger partial charge on any atom is 0.321 e. The lowest BCUT2D eigenvalue weighted by Crippen LogP contribution is -2.32. The van der Waals surface area contributed by atoms with Gasteiger partial charge < -0.3 is 14.6 Å². The number of likely N-dealkylation sites (N-methyl/N-ethyl adjacent to an activating group) is 1. The fourth-order valence-electron chi connectivity index (χ4n) is 2.54. The molecule has 0 bridgehead atoms. The van der Waals surface area contributed by atoms with Gasteiger partial charge in [0, 0.05) is 26.2 Å². The van der Waals surface area contributed by atoms with E-state index >= 15 is 0 Å². The van der Waals surface area contributed by atoms with E-state index < -0.39 is 12.0 Å². The van der Waals surface area contributed by atoms with Gasteiger partial charge in [-0.15, -0.1) is 0 Å². The highest BCUT2D eigenvalue weighted by molar-refractivity contribution is 5.73. The molecule has 1 fully saturated rings. The summed E-state index contributed by atoms with van der Waals surface area (Å²) >= 11 is 0. The Bertz CT molecular complexity index is 437. The van der Waals surface area contributed by atoms with Crippen molar-refractivity contribution in [1.29, 1.82) is 0 Å². The number of carboxylic acid groups (broad SMARTS) is 1. The lowest BCUT2D eigenvalue weighted by Gasteiger charge is -2.13. The predicted octanol–water partition coefficient (Wildman–Crippen LogP) is 1.77. The van der Waals surface area contributed by atoms with Crippen molar-refractivity contribution < 1.29 is 19.4 Å². The number of hydrogen-bond acceptors (Lipinski definition) is 4. The molecule has 0 amide bonds. The third-order valence-corrected chi connectivity index (χ3v) is 3.69. The Kier molecular flexibility index (Phi) is 6.17. The van der Waals surface area contributed by atoms with Crippen LogP contribution in [0.1, 0.15) is 18.4 Å². The van der Waals surface area contributed by atoms with E-state index in [1.807, 2.05) is 42.3 Å². The van der Waals surface area contributed by atoms with E-state index in [9.17, 15) is 4.79 Å². The number of rotatable bonds is 8. The van der Waals surface area contributed by atoms with Gasteiger partial charge in [0.15, 0.2) is 0 Å². The highest BCUT2D eigenvalue weighted by atomic mass is 16.5. The lowest BCUT2D eigenvalue weighted by molar-refractivity contribution is -0.141. The molecule has 5 nitrogen and oxygen atoms in total. The summed E-state index contributed by atoms with van der Waals surface area (Å²) in [6.07, 6.45) is 1.41. The minimum Gasteiger partial charge on any atom is -0.480 e. The summed E-state index contributed by atoms with van der Waals surface area (Å²) in [5, 5.41) is 9.03. The monoisotopic (exact) mass is 293 g/mol. The first-order valence-electron chi connectivity index (χ1n) is 7.33. The lowest BCUT2D eigenvalue weighted by atomic mass is 10.2. The second-order valence-electron chi connectivity index (χ2n) is 5.41. The summed E-state index contributed by atoms with van der Waals surface area (Å²) < 4.78 is 11.3. The summed E-state index contributed by atoms with van der Waals surface area (Å²) in [6, 6.07) is 9.65. The number of nitrogens with zero attached hydrogens (tertiary/aromatic N) is 1. The van der Waals surface area contributed by atoms with Gasteiger partial charge in [0.25, 0.3) is 0 Å². The van der Waals surface area contributed by atoms with Crippen LogP contribution in [0.25, 0.3) is 0 Å². The van der Waals surface area contributed by atoms with Crippen molar-refractivity contribution in [3.05, 3.63) is 35.9 Å². The molecule has 116 valence electrons. The van der Waals surface area contributed by atoms with Gasteiger partial charge in [0.1, 0.15) is 6.04 Å². The third kappa shape index (κ3) is 5.12. The first-order valence-corrected chi connectivity index (χ1v) is 7.33. The topological polar surface area (TPSA) is 59.0 Å². The molecule has 0 saturated carbocycles. The summed E-state index contributed by atoms with van der Waals surface area (Å²) in [6.45, 7) is 2.56. The number of benzene rings is 1. The molecule has 21 heavy (non-hydrogen) atoms. The maximum absolute atomic E-state index is 11.0. The third-order valence-electron chi connectivity index (χ3n) is 3.69. The van der Waals surface area contributed by atoms with E-state index in [2.05, 4.69) is 0 Å². The number of hydrogen-bond donors (Lipinski definition) is 1. The molecule has 0 aromatic heterocycles. The van der Waals surface area contributed by atoms with Crippen molar-refractivity contribution in [1.82, 2.24) is 4.90 Å². The summed E-state index contributed by atoms with van der Waals surface area (Å²) in [4.78, 5) is 12.8. The zero-order valence-corrected chi connectivity index (χ0v) is 12.4. The number of carbonyl (C=O) groups is 1. The Balaban J connectivity index is 1.53. The molecule has 5 heteroatoms. The van der Waals surface area contributed by atoms with Crippen LogP contribution in [0.5, 0.6) is 0 Å². The van der Waals surface area contributed by atoms with Gasteiger partial charge in [-0.05, 0) is 19.0 Å². The van der Waals surface area contributed by atoms with Crippen LogP contribution in [-0.4, -0.2) is 54.9 Å². The van der Waals surface area contributed by atoms with Crippen molar-refractivity contribution >= 4 is 5.97 Å². The van der Waals surface area contributed by atoms with Gasteiger partial charge in [-0.1, -0.05) is 30.3 Å². The smallest absolute Gasteiger partial charge is 0.321 e. The molecule has 1 aromatic carbocycles. The molecule has 2 rings (SSSR count). The van der Waals surface area contributed by atoms with Crippen molar-refractivity contribution in [2.45, 2.75) is 31.6 Å². The van der Waals surface area contributed by atoms with Crippen LogP contribution in [-0.2, 0) is 20.9 Å². The van der Waals surface area contributed by atoms with Crippen molar-refractivity contribution in [2.24, 2.45) is 0 Å². The number of likely N-dealkylation sites (tertiary alicyclic amines) is 1. The van der Waals surface area contributed by atoms with Crippen LogP contribution < -0.4 is 0 Å². The van der Waals surface area contributed by atoms with Crippen molar-refractivity contribution in [2.75, 3.05) is 26.8 Å². The molecule has 0 spiro atoms. The molecule has 2 atom stereocenters. The standard InChI is InChI=1S/C16H23NO4/c1-17-11-14(10-15(17)16(18)19)21-9-5-8-20-12-13-6-3-2-4-7-13/h2-4,6-7,14-15H,5,8-12H2,1H3,(H,18,19)/t14-,15+/m1/s1. The second-order valence-corrected chi connectivity index (χ2v) is 5.41. The molecule has 1 aliphatic rings. The largest absolute Gasteiger partial charge is 0.480 e. The fourth-order valence-corrected chi connectivity index (χ4v) is 2.54. The molecule has 0 radical (unpaired) electrons. The summed E-state index contributed by atoms with van der Waals surface area (Å²) in [5.74, 6) is -0.769. The second kappa shape index (κ2) is 8.12. The van der Waals surface area contributed by atoms with Crippen LogP contribution in [0.3, 0.4) is 0 Å². The molecular formula is C16H23NO4. The molecule has 1 aliphatic heterocycles. The van der Waals surface area contributed by atoms with Crippen LogP contribution >= 0.6 is 0 Å². The van der Waals surface area contributed by atoms with Gasteiger partial charge in [0.05, 0.1) is 12.7 Å². The van der Waals surface area contributed by atoms with Crippen LogP contribution in [0.4, 0.5) is 0 Å². The average Bonchev–Trinajstić information content (AvgIpc) is 2.85. The highest BCUT2D eigenvalue weighted by Gasteiger charge is 2.34. The predicted molar refractivity (Wildman–Crippen MR) is 79.1 cm³/mol. The molecule has 0 unspecified atom stereocenters. The molecule has 1 aromatic rings. The Hall–Kier alpha value is -1.43. The highest BCUT2D eigenvalue weighted by Crippen LogP contribution is 2.18. The van der Waals surface area contributed by atoms with E-state index in [1.54, 1.807) is 0 Å². The van der Waals surface area contributed by atoms with E-state index in [1.165, 1.54) is 5.56 Å². The van der Waals surface area contributed by atoms with Gasteiger partial charge in [-0.3, -0.25) is 9.69 Å². The van der Waals surface area contributed by atoms with Crippen LogP contribution in [0.2, 0.25) is 0 Å². The van der Waals surface area contributed by atoms with Gasteiger partial charge in [-0.2, -0.15) is 0 Å². The van der Waals surface area contributed by atoms with Gasteiger partial charge in [0.2, 0.25) is 0 Å². The number of aliphatic carboxylic acids is 1. The minimum atomic E-state index is -0.769. The summed E-state index contributed by atoms with van der Waals surface area (Å²) in [7, 11) is 1.82. The molecule has 1 heterocycles. The van der Waals surface area contributed by atoms with Crippen molar-refractivity contribution in [3.8, 4) is 0 Å². The molecule has 1 N–H and O–H groups in total. The zero-order chi connectivity index (χ0) is 15.1. The van der Waals surface area contributed by atoms with E-state index in [-0.39, 0.29) is 6.10 Å². The quantitative estimate of drug-likeness (QED) is 0.740. The Labute approximate surface area is 125 Å². The van der Waals surface area contributed by atoms with Gasteiger partial charge in [-0.25, -0.2) is 0 Å². The Morgan fingerprint density at radius 1 is 1.33 bits per heavy atom. The normalized spacial score (nSPS) is 22.5. The maximum atomic E-state index is 11.0. The molecular weight excluding hydrogens is 270 g/mol. The first kappa shape index (κ1) is 15.9.